The van der Waals surface area contributed by atoms with Crippen molar-refractivity contribution in [3.63, 3.8) is 0 Å². The molecule has 1 aromatic rings. The Labute approximate surface area is 120 Å². The average Bonchev–Trinajstić information content (AvgIpc) is 2.76. The van der Waals surface area contributed by atoms with E-state index in [1.807, 2.05) is 0 Å². The second kappa shape index (κ2) is 7.98. The number of halogens is 1. The molecule has 0 saturated heterocycles. The molecule has 104 valence electrons. The van der Waals surface area contributed by atoms with Gasteiger partial charge in [0, 0.05) is 11.0 Å². The molecule has 0 aliphatic heterocycles. The van der Waals surface area contributed by atoms with Gasteiger partial charge in [0.2, 0.25) is 0 Å². The fourth-order valence-corrected chi connectivity index (χ4v) is 3.29. The zero-order valence-electron chi connectivity index (χ0n) is 12.2. The molecule has 0 aliphatic rings. The lowest BCUT2D eigenvalue weighted by atomic mass is 10.0. The van der Waals surface area contributed by atoms with Crippen molar-refractivity contribution in [2.45, 2.75) is 70.7 Å². The molecule has 0 bridgehead atoms. The molecule has 0 saturated carbocycles. The van der Waals surface area contributed by atoms with Crippen LogP contribution in [0.3, 0.4) is 0 Å². The van der Waals surface area contributed by atoms with Gasteiger partial charge < -0.3 is 0 Å². The smallest absolute Gasteiger partial charge is 0.0625 e. The number of rotatable bonds is 8. The number of nitrogens with zero attached hydrogens (tertiary/aromatic N) is 2. The Bertz CT molecular complexity index is 329. The average molecular weight is 315 g/mol. The Morgan fingerprint density at radius 2 is 1.94 bits per heavy atom. The van der Waals surface area contributed by atoms with Crippen LogP contribution in [0.5, 0.6) is 0 Å². The van der Waals surface area contributed by atoms with Crippen molar-refractivity contribution in [3.05, 3.63) is 18.0 Å². The summed E-state index contributed by atoms with van der Waals surface area (Å²) in [5.41, 5.74) is 1.23. The van der Waals surface area contributed by atoms with Crippen molar-refractivity contribution in [1.82, 2.24) is 9.78 Å². The lowest BCUT2D eigenvalue weighted by molar-refractivity contribution is 0.424. The van der Waals surface area contributed by atoms with Crippen LogP contribution >= 0.6 is 15.9 Å². The van der Waals surface area contributed by atoms with Crippen molar-refractivity contribution in [2.75, 3.05) is 0 Å². The summed E-state index contributed by atoms with van der Waals surface area (Å²) in [6.07, 6.45) is 7.96. The number of alkyl halides is 1. The van der Waals surface area contributed by atoms with E-state index in [2.05, 4.69) is 60.6 Å². The highest BCUT2D eigenvalue weighted by Crippen LogP contribution is 2.19. The summed E-state index contributed by atoms with van der Waals surface area (Å²) < 4.78 is 2.14. The van der Waals surface area contributed by atoms with Gasteiger partial charge >= 0.3 is 0 Å². The number of aryl methyl sites for hydroxylation is 1. The molecule has 3 heteroatoms. The summed E-state index contributed by atoms with van der Waals surface area (Å²) in [7, 11) is 0. The minimum Gasteiger partial charge on any atom is -0.269 e. The first-order valence-electron chi connectivity index (χ1n) is 7.24. The van der Waals surface area contributed by atoms with E-state index >= 15 is 0 Å². The first-order chi connectivity index (χ1) is 8.56. The fourth-order valence-electron chi connectivity index (χ4n) is 2.31. The van der Waals surface area contributed by atoms with E-state index in [0.29, 0.717) is 10.9 Å². The summed E-state index contributed by atoms with van der Waals surface area (Å²) in [5.74, 6) is 0.761. The predicted molar refractivity (Wildman–Crippen MR) is 82.3 cm³/mol. The van der Waals surface area contributed by atoms with E-state index < -0.39 is 0 Å². The van der Waals surface area contributed by atoms with Crippen molar-refractivity contribution in [2.24, 2.45) is 5.92 Å². The first-order valence-corrected chi connectivity index (χ1v) is 8.16. The van der Waals surface area contributed by atoms with Crippen LogP contribution < -0.4 is 0 Å². The molecule has 0 amide bonds. The van der Waals surface area contributed by atoms with Crippen LogP contribution in [0, 0.1) is 5.92 Å². The van der Waals surface area contributed by atoms with Crippen molar-refractivity contribution >= 4 is 15.9 Å². The van der Waals surface area contributed by atoms with Gasteiger partial charge in [0.15, 0.2) is 0 Å². The van der Waals surface area contributed by atoms with E-state index in [-0.39, 0.29) is 0 Å². The molecule has 1 heterocycles. The van der Waals surface area contributed by atoms with E-state index in [1.54, 1.807) is 0 Å². The molecule has 0 aromatic carbocycles. The summed E-state index contributed by atoms with van der Waals surface area (Å²) in [4.78, 5) is 0.621. The quantitative estimate of drug-likeness (QED) is 0.618. The largest absolute Gasteiger partial charge is 0.269 e. The SMILES string of the molecule is CCC(CC)n1ccc(CCC(Br)CC(C)C)n1. The van der Waals surface area contributed by atoms with Gasteiger partial charge in [-0.25, -0.2) is 0 Å². The normalized spacial score (nSPS) is 13.5. The molecule has 18 heavy (non-hydrogen) atoms. The first kappa shape index (κ1) is 15.7. The second-order valence-electron chi connectivity index (χ2n) is 5.52. The van der Waals surface area contributed by atoms with Crippen LogP contribution in [0.4, 0.5) is 0 Å². The van der Waals surface area contributed by atoms with E-state index in [0.717, 1.165) is 25.2 Å². The Kier molecular flexibility index (Phi) is 6.98. The Balaban J connectivity index is 2.44. The minimum atomic E-state index is 0.564. The van der Waals surface area contributed by atoms with Gasteiger partial charge in [-0.1, -0.05) is 43.6 Å². The van der Waals surface area contributed by atoms with Crippen LogP contribution in [0.1, 0.15) is 65.1 Å². The van der Waals surface area contributed by atoms with Crippen LogP contribution in [-0.4, -0.2) is 14.6 Å². The molecule has 0 radical (unpaired) electrons. The van der Waals surface area contributed by atoms with Gasteiger partial charge in [0.1, 0.15) is 0 Å². The highest BCUT2D eigenvalue weighted by molar-refractivity contribution is 9.09. The van der Waals surface area contributed by atoms with E-state index in [4.69, 9.17) is 5.10 Å². The lowest BCUT2D eigenvalue weighted by Gasteiger charge is -2.13. The Hall–Kier alpha value is -0.310. The molecule has 0 spiro atoms. The maximum absolute atomic E-state index is 4.70. The summed E-state index contributed by atoms with van der Waals surface area (Å²) in [5, 5.41) is 4.70. The monoisotopic (exact) mass is 314 g/mol. The molecule has 2 nitrogen and oxygen atoms in total. The molecular formula is C15H27BrN2. The van der Waals surface area contributed by atoms with Crippen LogP contribution in [0.15, 0.2) is 12.3 Å². The molecule has 1 unspecified atom stereocenters. The van der Waals surface area contributed by atoms with E-state index in [1.165, 1.54) is 18.5 Å². The topological polar surface area (TPSA) is 17.8 Å². The molecule has 1 aromatic heterocycles. The van der Waals surface area contributed by atoms with Gasteiger partial charge in [0.25, 0.3) is 0 Å². The third-order valence-electron chi connectivity index (χ3n) is 3.42. The Morgan fingerprint density at radius 3 is 2.50 bits per heavy atom. The Morgan fingerprint density at radius 1 is 1.28 bits per heavy atom. The van der Waals surface area contributed by atoms with Crippen LogP contribution in [-0.2, 0) is 6.42 Å². The molecular weight excluding hydrogens is 288 g/mol. The van der Waals surface area contributed by atoms with Crippen LogP contribution in [0.2, 0.25) is 0 Å². The second-order valence-corrected chi connectivity index (χ2v) is 6.82. The highest BCUT2D eigenvalue weighted by Gasteiger charge is 2.10. The van der Waals surface area contributed by atoms with Crippen molar-refractivity contribution < 1.29 is 0 Å². The molecule has 1 rings (SSSR count). The summed E-state index contributed by atoms with van der Waals surface area (Å²) in [6.45, 7) is 9.01. The van der Waals surface area contributed by atoms with Gasteiger partial charge in [-0.2, -0.15) is 5.10 Å². The maximum atomic E-state index is 4.70. The van der Waals surface area contributed by atoms with Crippen LogP contribution in [0.25, 0.3) is 0 Å². The molecule has 0 aliphatic carbocycles. The van der Waals surface area contributed by atoms with Gasteiger partial charge in [-0.3, -0.25) is 4.68 Å². The fraction of sp³-hybridized carbons (Fsp3) is 0.800. The molecule has 1 atom stereocenters. The highest BCUT2D eigenvalue weighted by atomic mass is 79.9. The lowest BCUT2D eigenvalue weighted by Crippen LogP contribution is -2.08. The van der Waals surface area contributed by atoms with Gasteiger partial charge in [0.05, 0.1) is 11.7 Å². The summed E-state index contributed by atoms with van der Waals surface area (Å²) >= 11 is 3.76. The predicted octanol–water partition coefficient (Wildman–Crippen LogP) is 4.99. The third-order valence-corrected chi connectivity index (χ3v) is 4.25. The molecule has 0 fully saturated rings. The molecule has 0 N–H and O–H groups in total. The third kappa shape index (κ3) is 5.13. The van der Waals surface area contributed by atoms with Gasteiger partial charge in [-0.15, -0.1) is 0 Å². The number of hydrogen-bond donors (Lipinski definition) is 0. The minimum absolute atomic E-state index is 0.564. The van der Waals surface area contributed by atoms with E-state index in [9.17, 15) is 0 Å². The van der Waals surface area contributed by atoms with Crippen molar-refractivity contribution in [3.8, 4) is 0 Å². The standard InChI is InChI=1S/C15H27BrN2/c1-5-15(6-2)18-10-9-14(17-18)8-7-13(16)11-12(3)4/h9-10,12-13,15H,5-8,11H2,1-4H3. The van der Waals surface area contributed by atoms with Gasteiger partial charge in [-0.05, 0) is 44.1 Å². The zero-order valence-corrected chi connectivity index (χ0v) is 13.8. The summed E-state index contributed by atoms with van der Waals surface area (Å²) in [6, 6.07) is 2.74. The maximum Gasteiger partial charge on any atom is 0.0625 e. The van der Waals surface area contributed by atoms with Crippen molar-refractivity contribution in [1.29, 1.82) is 0 Å². The zero-order chi connectivity index (χ0) is 13.5. The number of hydrogen-bond acceptors (Lipinski definition) is 1. The number of aromatic nitrogens is 2.